The summed E-state index contributed by atoms with van der Waals surface area (Å²) < 4.78 is 0. The SMILES string of the molecule is CN(c1ccccc1)c1cncc(C(=O)Nc2ccccc2)c1. The van der Waals surface area contributed by atoms with Gasteiger partial charge in [0, 0.05) is 24.6 Å². The summed E-state index contributed by atoms with van der Waals surface area (Å²) >= 11 is 0. The number of nitrogens with one attached hydrogen (secondary N) is 1. The third-order valence-electron chi connectivity index (χ3n) is 3.55. The van der Waals surface area contributed by atoms with Crippen LogP contribution in [0, 0.1) is 0 Å². The van der Waals surface area contributed by atoms with Crippen LogP contribution in [-0.4, -0.2) is 17.9 Å². The molecule has 2 aromatic carbocycles. The van der Waals surface area contributed by atoms with Crippen LogP contribution in [-0.2, 0) is 0 Å². The number of pyridine rings is 1. The minimum Gasteiger partial charge on any atom is -0.343 e. The van der Waals surface area contributed by atoms with Crippen molar-refractivity contribution in [2.75, 3.05) is 17.3 Å². The molecule has 23 heavy (non-hydrogen) atoms. The predicted octanol–water partition coefficient (Wildman–Crippen LogP) is 4.10. The van der Waals surface area contributed by atoms with Crippen molar-refractivity contribution in [1.29, 1.82) is 0 Å². The fourth-order valence-electron chi connectivity index (χ4n) is 2.26. The zero-order valence-corrected chi connectivity index (χ0v) is 12.8. The molecule has 1 N–H and O–H groups in total. The summed E-state index contributed by atoms with van der Waals surface area (Å²) in [5.74, 6) is -0.174. The van der Waals surface area contributed by atoms with E-state index in [2.05, 4.69) is 10.3 Å². The van der Waals surface area contributed by atoms with E-state index in [1.165, 1.54) is 0 Å². The lowest BCUT2D eigenvalue weighted by Crippen LogP contribution is -2.14. The van der Waals surface area contributed by atoms with Crippen molar-refractivity contribution in [3.63, 3.8) is 0 Å². The maximum absolute atomic E-state index is 12.4. The highest BCUT2D eigenvalue weighted by Crippen LogP contribution is 2.23. The minimum absolute atomic E-state index is 0.174. The van der Waals surface area contributed by atoms with E-state index in [-0.39, 0.29) is 5.91 Å². The highest BCUT2D eigenvalue weighted by Gasteiger charge is 2.10. The van der Waals surface area contributed by atoms with Crippen LogP contribution in [0.3, 0.4) is 0 Å². The van der Waals surface area contributed by atoms with Crippen molar-refractivity contribution in [2.45, 2.75) is 0 Å². The highest BCUT2D eigenvalue weighted by atomic mass is 16.1. The Bertz CT molecular complexity index is 788. The van der Waals surface area contributed by atoms with Gasteiger partial charge in [0.05, 0.1) is 17.4 Å². The van der Waals surface area contributed by atoms with E-state index in [0.29, 0.717) is 5.56 Å². The van der Waals surface area contributed by atoms with Crippen LogP contribution in [0.15, 0.2) is 79.1 Å². The van der Waals surface area contributed by atoms with Gasteiger partial charge in [-0.05, 0) is 30.3 Å². The number of hydrogen-bond donors (Lipinski definition) is 1. The second-order valence-corrected chi connectivity index (χ2v) is 5.15. The first-order valence-electron chi connectivity index (χ1n) is 7.34. The van der Waals surface area contributed by atoms with E-state index in [9.17, 15) is 4.79 Å². The molecule has 4 nitrogen and oxygen atoms in total. The standard InChI is InChI=1S/C19H17N3O/c1-22(17-10-6-3-7-11-17)18-12-15(13-20-14-18)19(23)21-16-8-4-2-5-9-16/h2-14H,1H3,(H,21,23). The largest absolute Gasteiger partial charge is 0.343 e. The minimum atomic E-state index is -0.174. The van der Waals surface area contributed by atoms with Gasteiger partial charge in [-0.25, -0.2) is 0 Å². The Morgan fingerprint density at radius 3 is 2.26 bits per heavy atom. The van der Waals surface area contributed by atoms with Gasteiger partial charge in [-0.1, -0.05) is 36.4 Å². The molecule has 1 amide bonds. The highest BCUT2D eigenvalue weighted by molar-refractivity contribution is 6.04. The first-order chi connectivity index (χ1) is 11.2. The Morgan fingerprint density at radius 1 is 0.913 bits per heavy atom. The van der Waals surface area contributed by atoms with Crippen molar-refractivity contribution < 1.29 is 4.79 Å². The molecular weight excluding hydrogens is 286 g/mol. The Hall–Kier alpha value is -3.14. The summed E-state index contributed by atoms with van der Waals surface area (Å²) in [5.41, 5.74) is 3.18. The number of aromatic nitrogens is 1. The van der Waals surface area contributed by atoms with Gasteiger partial charge < -0.3 is 10.2 Å². The average Bonchev–Trinajstić information content (AvgIpc) is 2.63. The summed E-state index contributed by atoms with van der Waals surface area (Å²) in [5, 5.41) is 2.87. The Balaban J connectivity index is 1.81. The van der Waals surface area contributed by atoms with E-state index in [0.717, 1.165) is 17.1 Å². The number of nitrogens with zero attached hydrogens (tertiary/aromatic N) is 2. The lowest BCUT2D eigenvalue weighted by atomic mass is 10.2. The molecule has 0 aliphatic heterocycles. The summed E-state index contributed by atoms with van der Waals surface area (Å²) in [7, 11) is 1.95. The number of benzene rings is 2. The second kappa shape index (κ2) is 6.75. The van der Waals surface area contributed by atoms with E-state index >= 15 is 0 Å². The Kier molecular flexibility index (Phi) is 4.34. The van der Waals surface area contributed by atoms with Crippen molar-refractivity contribution in [3.05, 3.63) is 84.7 Å². The lowest BCUT2D eigenvalue weighted by molar-refractivity contribution is 0.102. The van der Waals surface area contributed by atoms with Crippen LogP contribution in [0.5, 0.6) is 0 Å². The number of amides is 1. The number of hydrogen-bond acceptors (Lipinski definition) is 3. The maximum atomic E-state index is 12.4. The maximum Gasteiger partial charge on any atom is 0.257 e. The normalized spacial score (nSPS) is 10.1. The summed E-state index contributed by atoms with van der Waals surface area (Å²) in [6.07, 6.45) is 3.31. The quantitative estimate of drug-likeness (QED) is 0.789. The van der Waals surface area contributed by atoms with Gasteiger partial charge in [-0.3, -0.25) is 9.78 Å². The molecule has 3 aromatic rings. The summed E-state index contributed by atoms with van der Waals surface area (Å²) in [4.78, 5) is 18.5. The van der Waals surface area contributed by atoms with Crippen LogP contribution >= 0.6 is 0 Å². The van der Waals surface area contributed by atoms with E-state index in [4.69, 9.17) is 0 Å². The van der Waals surface area contributed by atoms with Crippen molar-refractivity contribution in [2.24, 2.45) is 0 Å². The molecule has 3 rings (SSSR count). The van der Waals surface area contributed by atoms with Crippen LogP contribution < -0.4 is 10.2 Å². The van der Waals surface area contributed by atoms with Crippen LogP contribution in [0.2, 0.25) is 0 Å². The van der Waals surface area contributed by atoms with Crippen LogP contribution in [0.4, 0.5) is 17.1 Å². The monoisotopic (exact) mass is 303 g/mol. The van der Waals surface area contributed by atoms with Gasteiger partial charge in [0.15, 0.2) is 0 Å². The molecule has 1 heterocycles. The molecule has 0 fully saturated rings. The molecule has 1 aromatic heterocycles. The zero-order chi connectivity index (χ0) is 16.1. The molecule has 0 aliphatic rings. The number of para-hydroxylation sites is 2. The smallest absolute Gasteiger partial charge is 0.257 e. The summed E-state index contributed by atoms with van der Waals surface area (Å²) in [6.45, 7) is 0. The topological polar surface area (TPSA) is 45.2 Å². The molecule has 114 valence electrons. The molecule has 4 heteroatoms. The first kappa shape index (κ1) is 14.8. The van der Waals surface area contributed by atoms with Gasteiger partial charge in [0.25, 0.3) is 5.91 Å². The lowest BCUT2D eigenvalue weighted by Gasteiger charge is -2.19. The second-order valence-electron chi connectivity index (χ2n) is 5.15. The number of carbonyl (C=O) groups excluding carboxylic acids is 1. The van der Waals surface area contributed by atoms with Gasteiger partial charge in [0.1, 0.15) is 0 Å². The van der Waals surface area contributed by atoms with Gasteiger partial charge in [0.2, 0.25) is 0 Å². The number of carbonyl (C=O) groups is 1. The molecule has 0 bridgehead atoms. The van der Waals surface area contributed by atoms with Crippen LogP contribution in [0.1, 0.15) is 10.4 Å². The Labute approximate surface area is 135 Å². The fourth-order valence-corrected chi connectivity index (χ4v) is 2.26. The average molecular weight is 303 g/mol. The fraction of sp³-hybridized carbons (Fsp3) is 0.0526. The molecule has 0 aliphatic carbocycles. The molecular formula is C19H17N3O. The molecule has 0 spiro atoms. The zero-order valence-electron chi connectivity index (χ0n) is 12.8. The molecule has 0 atom stereocenters. The molecule has 0 radical (unpaired) electrons. The van der Waals surface area contributed by atoms with E-state index < -0.39 is 0 Å². The van der Waals surface area contributed by atoms with Crippen LogP contribution in [0.25, 0.3) is 0 Å². The van der Waals surface area contributed by atoms with E-state index in [1.807, 2.05) is 78.7 Å². The first-order valence-corrected chi connectivity index (χ1v) is 7.34. The van der Waals surface area contributed by atoms with Gasteiger partial charge >= 0.3 is 0 Å². The third kappa shape index (κ3) is 3.55. The molecule has 0 unspecified atom stereocenters. The van der Waals surface area contributed by atoms with Crippen molar-refractivity contribution in [3.8, 4) is 0 Å². The van der Waals surface area contributed by atoms with Crippen molar-refractivity contribution in [1.82, 2.24) is 4.98 Å². The van der Waals surface area contributed by atoms with Crippen molar-refractivity contribution >= 4 is 23.0 Å². The molecule has 0 saturated carbocycles. The van der Waals surface area contributed by atoms with E-state index in [1.54, 1.807) is 12.4 Å². The molecule has 0 saturated heterocycles. The summed E-state index contributed by atoms with van der Waals surface area (Å²) in [6, 6.07) is 21.2. The third-order valence-corrected chi connectivity index (χ3v) is 3.55. The number of anilines is 3. The van der Waals surface area contributed by atoms with Gasteiger partial charge in [-0.15, -0.1) is 0 Å². The Morgan fingerprint density at radius 2 is 1.57 bits per heavy atom. The predicted molar refractivity (Wildman–Crippen MR) is 93.1 cm³/mol. The number of rotatable bonds is 4. The van der Waals surface area contributed by atoms with Gasteiger partial charge in [-0.2, -0.15) is 0 Å².